The second-order valence-corrected chi connectivity index (χ2v) is 8.13. The first-order valence-corrected chi connectivity index (χ1v) is 9.63. The fourth-order valence-electron chi connectivity index (χ4n) is 2.54. The lowest BCUT2D eigenvalue weighted by molar-refractivity contribution is 0.541. The molecule has 0 spiro atoms. The second-order valence-electron chi connectivity index (χ2n) is 5.23. The van der Waals surface area contributed by atoms with Crippen LogP contribution < -0.4 is 4.72 Å². The van der Waals surface area contributed by atoms with E-state index in [1.165, 1.54) is 12.1 Å². The van der Waals surface area contributed by atoms with Gasteiger partial charge in [-0.2, -0.15) is 0 Å². The van der Waals surface area contributed by atoms with Crippen LogP contribution in [-0.4, -0.2) is 14.2 Å². The van der Waals surface area contributed by atoms with Gasteiger partial charge < -0.3 is 0 Å². The molecule has 22 heavy (non-hydrogen) atoms. The van der Waals surface area contributed by atoms with Crippen molar-refractivity contribution in [2.24, 2.45) is 0 Å². The molecular weight excluding hydrogens is 321 g/mol. The molecule has 6 heteroatoms. The summed E-state index contributed by atoms with van der Waals surface area (Å²) in [6, 6.07) is 13.2. The van der Waals surface area contributed by atoms with Gasteiger partial charge in [-0.1, -0.05) is 30.3 Å². The molecule has 1 heterocycles. The van der Waals surface area contributed by atoms with Crippen LogP contribution >= 0.6 is 11.8 Å². The maximum absolute atomic E-state index is 13.5. The lowest BCUT2D eigenvalue weighted by Gasteiger charge is -2.25. The zero-order chi connectivity index (χ0) is 15.6. The third-order valence-electron chi connectivity index (χ3n) is 3.53. The van der Waals surface area contributed by atoms with Gasteiger partial charge in [0, 0.05) is 10.9 Å². The number of benzene rings is 2. The van der Waals surface area contributed by atoms with Gasteiger partial charge in [0.25, 0.3) is 0 Å². The quantitative estimate of drug-likeness (QED) is 0.929. The minimum atomic E-state index is -3.47. The number of rotatable bonds is 4. The Kier molecular flexibility index (Phi) is 4.52. The molecule has 2 aromatic carbocycles. The van der Waals surface area contributed by atoms with Crippen molar-refractivity contribution in [3.63, 3.8) is 0 Å². The van der Waals surface area contributed by atoms with E-state index in [9.17, 15) is 12.8 Å². The molecule has 0 radical (unpaired) electrons. The third-order valence-corrected chi connectivity index (χ3v) is 6.01. The van der Waals surface area contributed by atoms with Crippen molar-refractivity contribution in [3.8, 4) is 0 Å². The van der Waals surface area contributed by atoms with E-state index in [2.05, 4.69) is 4.72 Å². The first-order valence-electron chi connectivity index (χ1n) is 7.00. The Morgan fingerprint density at radius 1 is 1.18 bits per heavy atom. The lowest BCUT2D eigenvalue weighted by Crippen LogP contribution is -2.31. The zero-order valence-electron chi connectivity index (χ0n) is 11.8. The van der Waals surface area contributed by atoms with Gasteiger partial charge in [0.1, 0.15) is 5.82 Å². The summed E-state index contributed by atoms with van der Waals surface area (Å²) in [6.07, 6.45) is 0.662. The Morgan fingerprint density at radius 2 is 1.95 bits per heavy atom. The molecule has 116 valence electrons. The fourth-order valence-corrected chi connectivity index (χ4v) is 5.04. The van der Waals surface area contributed by atoms with Crippen molar-refractivity contribution < 1.29 is 12.8 Å². The minimum absolute atomic E-state index is 0.0673. The van der Waals surface area contributed by atoms with Gasteiger partial charge in [0.2, 0.25) is 10.0 Å². The predicted molar refractivity (Wildman–Crippen MR) is 86.7 cm³/mol. The molecule has 0 amide bonds. The number of hydrogen-bond acceptors (Lipinski definition) is 3. The molecule has 3 rings (SSSR count). The maximum atomic E-state index is 13.5. The van der Waals surface area contributed by atoms with E-state index < -0.39 is 10.0 Å². The average molecular weight is 337 g/mol. The molecule has 0 bridgehead atoms. The molecule has 1 N–H and O–H groups in total. The molecule has 1 aliphatic rings. The van der Waals surface area contributed by atoms with E-state index in [0.29, 0.717) is 6.42 Å². The maximum Gasteiger partial charge on any atom is 0.216 e. The number of halogens is 1. The largest absolute Gasteiger partial charge is 0.216 e. The number of thioether (sulfide) groups is 1. The molecule has 0 aliphatic carbocycles. The van der Waals surface area contributed by atoms with Crippen LogP contribution in [-0.2, 0) is 15.8 Å². The average Bonchev–Trinajstić information content (AvgIpc) is 2.48. The van der Waals surface area contributed by atoms with Crippen LogP contribution in [0.25, 0.3) is 0 Å². The molecule has 3 nitrogen and oxygen atoms in total. The number of sulfonamides is 1. The Hall–Kier alpha value is -1.37. The molecule has 0 saturated carbocycles. The minimum Gasteiger partial charge on any atom is -0.212 e. The van der Waals surface area contributed by atoms with E-state index in [-0.39, 0.29) is 17.6 Å². The summed E-state index contributed by atoms with van der Waals surface area (Å²) in [5.74, 6) is 0.410. The molecule has 0 aromatic heterocycles. The topological polar surface area (TPSA) is 46.2 Å². The van der Waals surface area contributed by atoms with Crippen LogP contribution in [0.1, 0.15) is 23.6 Å². The Morgan fingerprint density at radius 3 is 2.73 bits per heavy atom. The Bertz CT molecular complexity index is 763. The summed E-state index contributed by atoms with van der Waals surface area (Å²) >= 11 is 1.63. The van der Waals surface area contributed by atoms with Crippen molar-refractivity contribution in [1.82, 2.24) is 4.72 Å². The van der Waals surface area contributed by atoms with E-state index in [1.54, 1.807) is 30.0 Å². The highest BCUT2D eigenvalue weighted by Gasteiger charge is 2.25. The van der Waals surface area contributed by atoms with Gasteiger partial charge in [0.05, 0.1) is 5.75 Å². The molecule has 0 fully saturated rings. The standard InChI is InChI=1S/C16H16FNO2S2/c17-13-6-7-16-14(10-13)15(8-9-21-16)18-22(19,20)11-12-4-2-1-3-5-12/h1-7,10,15,18H,8-9,11H2/t15-/m1/s1. The Labute approximate surface area is 134 Å². The normalized spacial score (nSPS) is 18.0. The monoisotopic (exact) mass is 337 g/mol. The van der Waals surface area contributed by atoms with Gasteiger partial charge in [0.15, 0.2) is 0 Å². The third kappa shape index (κ3) is 3.69. The lowest BCUT2D eigenvalue weighted by atomic mass is 10.0. The van der Waals surface area contributed by atoms with Crippen LogP contribution in [0.15, 0.2) is 53.4 Å². The molecular formula is C16H16FNO2S2. The number of fused-ring (bicyclic) bond motifs is 1. The molecule has 0 unspecified atom stereocenters. The van der Waals surface area contributed by atoms with Crippen LogP contribution in [0.5, 0.6) is 0 Å². The zero-order valence-corrected chi connectivity index (χ0v) is 13.5. The summed E-state index contributed by atoms with van der Waals surface area (Å²) in [7, 11) is -3.47. The van der Waals surface area contributed by atoms with Crippen molar-refractivity contribution in [3.05, 3.63) is 65.5 Å². The van der Waals surface area contributed by atoms with Gasteiger partial charge in [-0.15, -0.1) is 11.8 Å². The molecule has 1 atom stereocenters. The summed E-state index contributed by atoms with van der Waals surface area (Å²) in [6.45, 7) is 0. The van der Waals surface area contributed by atoms with Gasteiger partial charge >= 0.3 is 0 Å². The highest BCUT2D eigenvalue weighted by atomic mass is 32.2. The van der Waals surface area contributed by atoms with E-state index in [4.69, 9.17) is 0 Å². The van der Waals surface area contributed by atoms with Crippen LogP contribution in [0, 0.1) is 5.82 Å². The van der Waals surface area contributed by atoms with Gasteiger partial charge in [-0.05, 0) is 41.5 Å². The van der Waals surface area contributed by atoms with Crippen LogP contribution in [0.2, 0.25) is 0 Å². The van der Waals surface area contributed by atoms with E-state index in [1.807, 2.05) is 18.2 Å². The van der Waals surface area contributed by atoms with E-state index >= 15 is 0 Å². The van der Waals surface area contributed by atoms with Gasteiger partial charge in [-0.3, -0.25) is 0 Å². The summed E-state index contributed by atoms with van der Waals surface area (Å²) in [5, 5.41) is 0. The first kappa shape index (κ1) is 15.5. The van der Waals surface area contributed by atoms with Crippen molar-refractivity contribution in [2.45, 2.75) is 23.1 Å². The summed E-state index contributed by atoms with van der Waals surface area (Å²) < 4.78 is 40.9. The highest BCUT2D eigenvalue weighted by Crippen LogP contribution is 2.36. The molecule has 2 aromatic rings. The first-order chi connectivity index (χ1) is 10.5. The van der Waals surface area contributed by atoms with Crippen molar-refractivity contribution >= 4 is 21.8 Å². The fraction of sp³-hybridized carbons (Fsp3) is 0.250. The molecule has 0 saturated heterocycles. The van der Waals surface area contributed by atoms with Gasteiger partial charge in [-0.25, -0.2) is 17.5 Å². The Balaban J connectivity index is 1.80. The second kappa shape index (κ2) is 6.40. The SMILES string of the molecule is O=S(=O)(Cc1ccccc1)N[C@@H]1CCSc2ccc(F)cc21. The number of nitrogens with one attached hydrogen (secondary N) is 1. The smallest absolute Gasteiger partial charge is 0.212 e. The molecule has 1 aliphatic heterocycles. The number of hydrogen-bond donors (Lipinski definition) is 1. The summed E-state index contributed by atoms with van der Waals surface area (Å²) in [4.78, 5) is 0.945. The summed E-state index contributed by atoms with van der Waals surface area (Å²) in [5.41, 5.74) is 1.47. The highest BCUT2D eigenvalue weighted by molar-refractivity contribution is 7.99. The van der Waals surface area contributed by atoms with Crippen molar-refractivity contribution in [2.75, 3.05) is 5.75 Å². The predicted octanol–water partition coefficient (Wildman–Crippen LogP) is 3.48. The van der Waals surface area contributed by atoms with E-state index in [0.717, 1.165) is 21.8 Å². The van der Waals surface area contributed by atoms with Crippen LogP contribution in [0.3, 0.4) is 0 Å². The van der Waals surface area contributed by atoms with Crippen LogP contribution in [0.4, 0.5) is 4.39 Å². The van der Waals surface area contributed by atoms with Crippen molar-refractivity contribution in [1.29, 1.82) is 0 Å².